The van der Waals surface area contributed by atoms with Crippen molar-refractivity contribution in [2.45, 2.75) is 302 Å². The first kappa shape index (κ1) is 60.1. The first-order chi connectivity index (χ1) is 30.5. The number of ether oxygens (including phenoxy) is 1. The smallest absolute Gasteiger partial charge is 0.306 e. The Morgan fingerprint density at radius 1 is 0.468 bits per heavy atom. The third-order valence-corrected chi connectivity index (χ3v) is 12.5. The Morgan fingerprint density at radius 2 is 0.823 bits per heavy atom. The fraction of sp³-hybridized carbons (Fsp3) is 0.857. The second kappa shape index (κ2) is 50.1. The van der Waals surface area contributed by atoms with Crippen molar-refractivity contribution in [1.82, 2.24) is 5.32 Å². The second-order valence-corrected chi connectivity index (χ2v) is 18.6. The quantitative estimate of drug-likeness (QED) is 0.0321. The molecule has 3 N–H and O–H groups in total. The maximum Gasteiger partial charge on any atom is 0.306 e. The number of aliphatic hydroxyl groups excluding tert-OH is 2. The molecule has 0 aliphatic heterocycles. The van der Waals surface area contributed by atoms with E-state index in [2.05, 4.69) is 62.5 Å². The summed E-state index contributed by atoms with van der Waals surface area (Å²) in [5, 5.41) is 23.8. The molecule has 0 fully saturated rings. The number of carbonyl (C=O) groups excluding carboxylic acids is 2. The van der Waals surface area contributed by atoms with Crippen LogP contribution in [0, 0.1) is 0 Å². The Morgan fingerprint density at radius 3 is 1.27 bits per heavy atom. The molecule has 364 valence electrons. The van der Waals surface area contributed by atoms with Crippen LogP contribution in [0.2, 0.25) is 0 Å². The van der Waals surface area contributed by atoms with Gasteiger partial charge in [0, 0.05) is 6.42 Å². The van der Waals surface area contributed by atoms with E-state index in [4.69, 9.17) is 4.74 Å². The summed E-state index contributed by atoms with van der Waals surface area (Å²) in [7, 11) is 0. The van der Waals surface area contributed by atoms with Gasteiger partial charge in [0.15, 0.2) is 0 Å². The molecule has 3 atom stereocenters. The summed E-state index contributed by atoms with van der Waals surface area (Å²) in [6.45, 7) is 6.47. The van der Waals surface area contributed by atoms with Gasteiger partial charge in [0.1, 0.15) is 6.10 Å². The number of rotatable bonds is 49. The minimum atomic E-state index is -0.791. The topological polar surface area (TPSA) is 95.9 Å². The lowest BCUT2D eigenvalue weighted by atomic mass is 10.0. The van der Waals surface area contributed by atoms with E-state index in [-0.39, 0.29) is 24.9 Å². The van der Waals surface area contributed by atoms with Crippen molar-refractivity contribution in [2.24, 2.45) is 0 Å². The van der Waals surface area contributed by atoms with Crippen LogP contribution in [-0.2, 0) is 14.3 Å². The number of carbonyl (C=O) groups is 2. The zero-order chi connectivity index (χ0) is 45.2. The van der Waals surface area contributed by atoms with Crippen molar-refractivity contribution < 1.29 is 24.5 Å². The van der Waals surface area contributed by atoms with Crippen LogP contribution in [0.4, 0.5) is 0 Å². The Hall–Kier alpha value is -1.92. The summed E-state index contributed by atoms with van der Waals surface area (Å²) < 4.78 is 5.94. The average molecular weight is 872 g/mol. The number of aliphatic hydroxyl groups is 2. The molecule has 0 saturated carbocycles. The summed E-state index contributed by atoms with van der Waals surface area (Å²) in [6.07, 6.45) is 59.1. The highest BCUT2D eigenvalue weighted by molar-refractivity contribution is 5.77. The standard InChI is InChI=1S/C56H105NO5/c1-4-7-10-13-16-19-22-25-27-28-29-30-32-35-38-41-44-47-52(62-56(61)49-46-43-40-37-34-24-21-18-15-12-9-6-3)50-55(60)57-53(51-58)54(59)48-45-42-39-36-33-31-26-23-20-17-14-11-8-5-2/h16,19,25,27,29-30,52-54,58-59H,4-15,17-18,20-24,26,28,31-51H2,1-3H3,(H,57,60)/b19-16-,27-25-,30-29-. The van der Waals surface area contributed by atoms with Crippen LogP contribution in [0.15, 0.2) is 36.5 Å². The molecule has 6 heteroatoms. The molecule has 3 unspecified atom stereocenters. The molecule has 0 aromatic rings. The SMILES string of the molecule is CCCCC/C=C\C/C=C\C/C=C\CCCCCCC(CC(=O)NC(CO)C(O)CCCCCCCCCCCCCCCC)OC(=O)CCCCCCCCCCCCCC. The third kappa shape index (κ3) is 44.7. The number of allylic oxidation sites excluding steroid dienone is 6. The molecule has 6 nitrogen and oxygen atoms in total. The van der Waals surface area contributed by atoms with E-state index >= 15 is 0 Å². The largest absolute Gasteiger partial charge is 0.462 e. The summed E-state index contributed by atoms with van der Waals surface area (Å²) in [5.74, 6) is -0.483. The molecular formula is C56H105NO5. The summed E-state index contributed by atoms with van der Waals surface area (Å²) in [4.78, 5) is 26.2. The number of unbranched alkanes of at least 4 members (excludes halogenated alkanes) is 31. The molecule has 0 aliphatic rings. The van der Waals surface area contributed by atoms with Crippen LogP contribution < -0.4 is 5.32 Å². The number of esters is 1. The van der Waals surface area contributed by atoms with E-state index in [1.165, 1.54) is 154 Å². The Bertz CT molecular complexity index is 1020. The van der Waals surface area contributed by atoms with Gasteiger partial charge in [-0.1, -0.05) is 243 Å². The van der Waals surface area contributed by atoms with Gasteiger partial charge in [0.2, 0.25) is 5.91 Å². The van der Waals surface area contributed by atoms with Gasteiger partial charge in [-0.2, -0.15) is 0 Å². The minimum absolute atomic E-state index is 0.0666. The van der Waals surface area contributed by atoms with Gasteiger partial charge in [0.05, 0.1) is 25.2 Å². The lowest BCUT2D eigenvalue weighted by Gasteiger charge is -2.24. The van der Waals surface area contributed by atoms with Gasteiger partial charge >= 0.3 is 5.97 Å². The monoisotopic (exact) mass is 872 g/mol. The molecule has 0 spiro atoms. The molecule has 0 aromatic carbocycles. The Kier molecular flexibility index (Phi) is 48.5. The van der Waals surface area contributed by atoms with Crippen molar-refractivity contribution in [3.8, 4) is 0 Å². The lowest BCUT2D eigenvalue weighted by molar-refractivity contribution is -0.151. The predicted octanol–water partition coefficient (Wildman–Crippen LogP) is 16.5. The molecule has 0 saturated heterocycles. The van der Waals surface area contributed by atoms with E-state index in [1.807, 2.05) is 0 Å². The lowest BCUT2D eigenvalue weighted by Crippen LogP contribution is -2.46. The predicted molar refractivity (Wildman–Crippen MR) is 269 cm³/mol. The van der Waals surface area contributed by atoms with E-state index in [0.29, 0.717) is 19.3 Å². The summed E-state index contributed by atoms with van der Waals surface area (Å²) in [6, 6.07) is -0.706. The summed E-state index contributed by atoms with van der Waals surface area (Å²) in [5.41, 5.74) is 0. The second-order valence-electron chi connectivity index (χ2n) is 18.6. The van der Waals surface area contributed by atoms with E-state index < -0.39 is 18.2 Å². The maximum absolute atomic E-state index is 13.2. The normalized spacial score (nSPS) is 13.4. The molecule has 0 heterocycles. The molecule has 1 amide bonds. The molecule has 0 rings (SSSR count). The van der Waals surface area contributed by atoms with Gasteiger partial charge in [-0.05, 0) is 64.2 Å². The molecule has 0 aromatic heterocycles. The van der Waals surface area contributed by atoms with Crippen LogP contribution in [-0.4, -0.2) is 46.9 Å². The van der Waals surface area contributed by atoms with Crippen molar-refractivity contribution >= 4 is 11.9 Å². The van der Waals surface area contributed by atoms with E-state index in [0.717, 1.165) is 83.5 Å². The van der Waals surface area contributed by atoms with Gasteiger partial charge in [-0.3, -0.25) is 9.59 Å². The van der Waals surface area contributed by atoms with Crippen LogP contribution in [0.3, 0.4) is 0 Å². The van der Waals surface area contributed by atoms with Crippen LogP contribution >= 0.6 is 0 Å². The first-order valence-electron chi connectivity index (χ1n) is 27.2. The van der Waals surface area contributed by atoms with Crippen LogP contribution in [0.5, 0.6) is 0 Å². The molecular weight excluding hydrogens is 767 g/mol. The van der Waals surface area contributed by atoms with Crippen molar-refractivity contribution in [3.63, 3.8) is 0 Å². The summed E-state index contributed by atoms with van der Waals surface area (Å²) >= 11 is 0. The number of hydrogen-bond donors (Lipinski definition) is 3. The number of nitrogens with one attached hydrogen (secondary N) is 1. The van der Waals surface area contributed by atoms with Crippen molar-refractivity contribution in [3.05, 3.63) is 36.5 Å². The molecule has 0 radical (unpaired) electrons. The van der Waals surface area contributed by atoms with Crippen molar-refractivity contribution in [2.75, 3.05) is 6.61 Å². The van der Waals surface area contributed by atoms with E-state index in [1.54, 1.807) is 0 Å². The number of hydrogen-bond acceptors (Lipinski definition) is 5. The van der Waals surface area contributed by atoms with Gasteiger partial charge in [-0.15, -0.1) is 0 Å². The van der Waals surface area contributed by atoms with Gasteiger partial charge in [0.25, 0.3) is 0 Å². The van der Waals surface area contributed by atoms with E-state index in [9.17, 15) is 19.8 Å². The van der Waals surface area contributed by atoms with Gasteiger partial charge in [-0.25, -0.2) is 0 Å². The molecule has 0 aliphatic carbocycles. The van der Waals surface area contributed by atoms with Crippen LogP contribution in [0.25, 0.3) is 0 Å². The number of amides is 1. The average Bonchev–Trinajstić information content (AvgIpc) is 3.26. The van der Waals surface area contributed by atoms with Crippen molar-refractivity contribution in [1.29, 1.82) is 0 Å². The first-order valence-corrected chi connectivity index (χ1v) is 27.2. The Labute approximate surface area is 385 Å². The fourth-order valence-corrected chi connectivity index (χ4v) is 8.32. The third-order valence-electron chi connectivity index (χ3n) is 12.5. The minimum Gasteiger partial charge on any atom is -0.462 e. The Balaban J connectivity index is 4.59. The fourth-order valence-electron chi connectivity index (χ4n) is 8.32. The molecule has 62 heavy (non-hydrogen) atoms. The highest BCUT2D eigenvalue weighted by Crippen LogP contribution is 2.18. The zero-order valence-electron chi connectivity index (χ0n) is 41.5. The zero-order valence-corrected chi connectivity index (χ0v) is 41.5. The highest BCUT2D eigenvalue weighted by Gasteiger charge is 2.24. The molecule has 0 bridgehead atoms. The van der Waals surface area contributed by atoms with Gasteiger partial charge < -0.3 is 20.3 Å². The van der Waals surface area contributed by atoms with Crippen LogP contribution in [0.1, 0.15) is 284 Å². The highest BCUT2D eigenvalue weighted by atomic mass is 16.5. The maximum atomic E-state index is 13.2.